The highest BCUT2D eigenvalue weighted by molar-refractivity contribution is 5.70. The fourth-order valence-electron chi connectivity index (χ4n) is 6.90. The highest BCUT2D eigenvalue weighted by atomic mass is 16.6. The lowest BCUT2D eigenvalue weighted by atomic mass is 10.0. The van der Waals surface area contributed by atoms with Gasteiger partial charge in [-0.15, -0.1) is 0 Å². The molecule has 0 radical (unpaired) electrons. The maximum atomic E-state index is 12.4. The second-order valence-electron chi connectivity index (χ2n) is 14.4. The summed E-state index contributed by atoms with van der Waals surface area (Å²) in [6.07, 6.45) is 42.8. The van der Waals surface area contributed by atoms with E-state index >= 15 is 0 Å². The number of ether oxygens (including phenoxy) is 2. The quantitative estimate of drug-likeness (QED) is 0.0522. The minimum atomic E-state index is -0.237. The predicted molar refractivity (Wildman–Crippen MR) is 193 cm³/mol. The molecule has 0 aliphatic heterocycles. The molecule has 45 heavy (non-hydrogen) atoms. The number of unbranched alkanes of at least 4 members (excludes halogenated alkanes) is 28. The first-order valence-corrected chi connectivity index (χ1v) is 20.6. The number of rotatable bonds is 34. The highest BCUT2D eigenvalue weighted by Gasteiger charge is 2.33. The Hall–Kier alpha value is -1.06. The van der Waals surface area contributed by atoms with E-state index in [-0.39, 0.29) is 24.1 Å². The Morgan fingerprint density at radius 3 is 0.844 bits per heavy atom. The van der Waals surface area contributed by atoms with E-state index in [4.69, 9.17) is 9.47 Å². The van der Waals surface area contributed by atoms with Crippen molar-refractivity contribution in [2.24, 2.45) is 0 Å². The van der Waals surface area contributed by atoms with Crippen molar-refractivity contribution < 1.29 is 19.1 Å². The van der Waals surface area contributed by atoms with Crippen LogP contribution in [0.4, 0.5) is 0 Å². The minimum absolute atomic E-state index is 0.111. The van der Waals surface area contributed by atoms with Crippen LogP contribution >= 0.6 is 0 Å². The van der Waals surface area contributed by atoms with Crippen LogP contribution in [0.25, 0.3) is 0 Å². The summed E-state index contributed by atoms with van der Waals surface area (Å²) in [5.74, 6) is -0.222. The third-order valence-electron chi connectivity index (χ3n) is 9.93. The lowest BCUT2D eigenvalue weighted by Crippen LogP contribution is -2.30. The molecule has 0 aromatic heterocycles. The molecule has 4 heteroatoms. The summed E-state index contributed by atoms with van der Waals surface area (Å²) in [7, 11) is 0. The van der Waals surface area contributed by atoms with E-state index in [1.165, 1.54) is 167 Å². The summed E-state index contributed by atoms with van der Waals surface area (Å²) in [5, 5.41) is 0. The maximum absolute atomic E-state index is 12.4. The number of carbonyl (C=O) groups excluding carboxylic acids is 2. The standard InChI is InChI=1S/C41H78O4/c1-3-5-7-9-11-13-15-17-19-21-23-25-27-29-31-36-40(42)44-38-34-33-35-39(38)45-41(43)37-32-30-28-26-24-22-20-18-16-14-12-10-8-6-4-2/h38-39H,3-37H2,1-2H3/t38-,39+. The molecule has 0 spiro atoms. The zero-order valence-electron chi connectivity index (χ0n) is 30.5. The van der Waals surface area contributed by atoms with Gasteiger partial charge < -0.3 is 9.47 Å². The van der Waals surface area contributed by atoms with Crippen LogP contribution in [0.2, 0.25) is 0 Å². The van der Waals surface area contributed by atoms with Crippen LogP contribution < -0.4 is 0 Å². The molecule has 1 saturated carbocycles. The molecule has 4 nitrogen and oxygen atoms in total. The maximum Gasteiger partial charge on any atom is 0.306 e. The number of carbonyl (C=O) groups is 2. The van der Waals surface area contributed by atoms with Crippen LogP contribution in [0, 0.1) is 0 Å². The van der Waals surface area contributed by atoms with Gasteiger partial charge in [0.25, 0.3) is 0 Å². The van der Waals surface area contributed by atoms with Crippen molar-refractivity contribution in [1.29, 1.82) is 0 Å². The smallest absolute Gasteiger partial charge is 0.306 e. The Balaban J connectivity index is 1.90. The van der Waals surface area contributed by atoms with Gasteiger partial charge in [0, 0.05) is 12.8 Å². The Morgan fingerprint density at radius 1 is 0.378 bits per heavy atom. The molecule has 1 rings (SSSR count). The normalized spacial score (nSPS) is 16.3. The van der Waals surface area contributed by atoms with Crippen molar-refractivity contribution in [1.82, 2.24) is 0 Å². The molecule has 0 N–H and O–H groups in total. The first-order valence-electron chi connectivity index (χ1n) is 20.6. The van der Waals surface area contributed by atoms with E-state index in [1.54, 1.807) is 0 Å². The SMILES string of the molecule is CCCCCCCCCCCCCCCCCC(=O)O[C@H]1CCC[C@H]1OC(=O)CCCCCCCCCCCCCCCCC. The van der Waals surface area contributed by atoms with Crippen LogP contribution in [0.1, 0.15) is 239 Å². The molecular formula is C41H78O4. The molecule has 0 unspecified atom stereocenters. The molecular weight excluding hydrogens is 556 g/mol. The first kappa shape index (κ1) is 42.0. The monoisotopic (exact) mass is 635 g/mol. The van der Waals surface area contributed by atoms with Crippen molar-refractivity contribution in [3.63, 3.8) is 0 Å². The summed E-state index contributed by atoms with van der Waals surface area (Å²) in [4.78, 5) is 24.9. The topological polar surface area (TPSA) is 52.6 Å². The average molecular weight is 635 g/mol. The molecule has 1 fully saturated rings. The minimum Gasteiger partial charge on any atom is -0.458 e. The summed E-state index contributed by atoms with van der Waals surface area (Å²) in [5.41, 5.74) is 0. The lowest BCUT2D eigenvalue weighted by Gasteiger charge is -2.20. The van der Waals surface area contributed by atoms with Gasteiger partial charge in [-0.2, -0.15) is 0 Å². The zero-order chi connectivity index (χ0) is 32.5. The number of esters is 2. The molecule has 0 saturated heterocycles. The lowest BCUT2D eigenvalue weighted by molar-refractivity contribution is -0.165. The molecule has 0 aromatic rings. The molecule has 0 heterocycles. The molecule has 0 aromatic carbocycles. The van der Waals surface area contributed by atoms with Crippen molar-refractivity contribution in [2.75, 3.05) is 0 Å². The van der Waals surface area contributed by atoms with Gasteiger partial charge in [-0.3, -0.25) is 9.59 Å². The van der Waals surface area contributed by atoms with Crippen LogP contribution in [0.15, 0.2) is 0 Å². The Morgan fingerprint density at radius 2 is 0.600 bits per heavy atom. The summed E-state index contributed by atoms with van der Waals surface area (Å²) < 4.78 is 11.5. The Bertz CT molecular complexity index is 593. The Kier molecular flexibility index (Phi) is 30.6. The highest BCUT2D eigenvalue weighted by Crippen LogP contribution is 2.26. The van der Waals surface area contributed by atoms with Crippen LogP contribution in [-0.2, 0) is 19.1 Å². The number of hydrogen-bond donors (Lipinski definition) is 0. The van der Waals surface area contributed by atoms with E-state index in [0.29, 0.717) is 12.8 Å². The largest absolute Gasteiger partial charge is 0.458 e. The van der Waals surface area contributed by atoms with Crippen LogP contribution in [-0.4, -0.2) is 24.1 Å². The van der Waals surface area contributed by atoms with Gasteiger partial charge in [0.15, 0.2) is 0 Å². The molecule has 0 amide bonds. The van der Waals surface area contributed by atoms with Crippen molar-refractivity contribution >= 4 is 11.9 Å². The molecule has 1 aliphatic rings. The van der Waals surface area contributed by atoms with E-state index in [9.17, 15) is 9.59 Å². The predicted octanol–water partition coefficient (Wildman–Crippen LogP) is 13.5. The van der Waals surface area contributed by atoms with Crippen molar-refractivity contribution in [3.8, 4) is 0 Å². The molecule has 266 valence electrons. The fourth-order valence-corrected chi connectivity index (χ4v) is 6.90. The van der Waals surface area contributed by atoms with E-state index in [1.807, 2.05) is 0 Å². The molecule has 0 bridgehead atoms. The Labute approximate surface area is 281 Å². The third-order valence-corrected chi connectivity index (χ3v) is 9.93. The second-order valence-corrected chi connectivity index (χ2v) is 14.4. The van der Waals surface area contributed by atoms with Gasteiger partial charge in [-0.05, 0) is 32.1 Å². The average Bonchev–Trinajstić information content (AvgIpc) is 3.46. The van der Waals surface area contributed by atoms with E-state index in [0.717, 1.165) is 44.9 Å². The van der Waals surface area contributed by atoms with Crippen molar-refractivity contribution in [2.45, 2.75) is 251 Å². The van der Waals surface area contributed by atoms with E-state index in [2.05, 4.69) is 13.8 Å². The van der Waals surface area contributed by atoms with Crippen LogP contribution in [0.5, 0.6) is 0 Å². The molecule has 2 atom stereocenters. The fraction of sp³-hybridized carbons (Fsp3) is 0.951. The zero-order valence-corrected chi connectivity index (χ0v) is 30.5. The molecule has 1 aliphatic carbocycles. The number of hydrogen-bond acceptors (Lipinski definition) is 4. The summed E-state index contributed by atoms with van der Waals surface area (Å²) in [6, 6.07) is 0. The van der Waals surface area contributed by atoms with Gasteiger partial charge in [-0.1, -0.05) is 194 Å². The third kappa shape index (κ3) is 27.7. The van der Waals surface area contributed by atoms with Crippen molar-refractivity contribution in [3.05, 3.63) is 0 Å². The van der Waals surface area contributed by atoms with Gasteiger partial charge >= 0.3 is 11.9 Å². The second kappa shape index (κ2) is 32.9. The van der Waals surface area contributed by atoms with Gasteiger partial charge in [0.05, 0.1) is 0 Å². The van der Waals surface area contributed by atoms with Crippen LogP contribution in [0.3, 0.4) is 0 Å². The van der Waals surface area contributed by atoms with Gasteiger partial charge in [-0.25, -0.2) is 0 Å². The summed E-state index contributed by atoms with van der Waals surface area (Å²) in [6.45, 7) is 4.56. The van der Waals surface area contributed by atoms with Gasteiger partial charge in [0.2, 0.25) is 0 Å². The van der Waals surface area contributed by atoms with Gasteiger partial charge in [0.1, 0.15) is 12.2 Å². The first-order chi connectivity index (χ1) is 22.2. The summed E-state index contributed by atoms with van der Waals surface area (Å²) >= 11 is 0. The van der Waals surface area contributed by atoms with E-state index < -0.39 is 0 Å².